The first-order chi connectivity index (χ1) is 10.6. The van der Waals surface area contributed by atoms with Gasteiger partial charge in [-0.3, -0.25) is 4.99 Å². The van der Waals surface area contributed by atoms with Crippen molar-refractivity contribution in [2.24, 2.45) is 16.1 Å². The first-order valence-electron chi connectivity index (χ1n) is 8.17. The Labute approximate surface area is 154 Å². The van der Waals surface area contributed by atoms with Crippen molar-refractivity contribution in [3.63, 3.8) is 0 Å². The molecular formula is C17H26FIN4. The van der Waals surface area contributed by atoms with Crippen molar-refractivity contribution in [1.29, 1.82) is 0 Å². The lowest BCUT2D eigenvalue weighted by Crippen LogP contribution is -2.51. The topological polar surface area (TPSA) is 44.9 Å². The molecule has 1 aromatic rings. The molecule has 2 aliphatic rings. The van der Waals surface area contributed by atoms with E-state index in [0.29, 0.717) is 11.4 Å². The molecule has 0 atom stereocenters. The summed E-state index contributed by atoms with van der Waals surface area (Å²) in [5.41, 5.74) is 7.66. The molecule has 0 aromatic heterocycles. The molecular weight excluding hydrogens is 406 g/mol. The van der Waals surface area contributed by atoms with Gasteiger partial charge >= 0.3 is 0 Å². The molecule has 3 rings (SSSR count). The SMILES string of the molecule is CCC1(CN=C(N)N2CCN(c3ccc(F)cc3)CC2)CC1.I. The van der Waals surface area contributed by atoms with E-state index in [-0.39, 0.29) is 29.8 Å². The Bertz CT molecular complexity index is 534. The second kappa shape index (κ2) is 7.68. The van der Waals surface area contributed by atoms with Crippen molar-refractivity contribution in [3.8, 4) is 0 Å². The van der Waals surface area contributed by atoms with Crippen LogP contribution < -0.4 is 10.6 Å². The number of hydrogen-bond acceptors (Lipinski definition) is 2. The minimum atomic E-state index is -0.191. The summed E-state index contributed by atoms with van der Waals surface area (Å²) < 4.78 is 13.0. The fraction of sp³-hybridized carbons (Fsp3) is 0.588. The molecule has 1 heterocycles. The Morgan fingerprint density at radius 1 is 1.17 bits per heavy atom. The minimum Gasteiger partial charge on any atom is -0.370 e. The molecule has 0 unspecified atom stereocenters. The molecule has 1 aliphatic carbocycles. The molecule has 0 spiro atoms. The van der Waals surface area contributed by atoms with Gasteiger partial charge in [0.25, 0.3) is 0 Å². The zero-order valence-corrected chi connectivity index (χ0v) is 16.0. The second-order valence-electron chi connectivity index (χ2n) is 6.48. The minimum absolute atomic E-state index is 0. The molecule has 0 bridgehead atoms. The van der Waals surface area contributed by atoms with E-state index in [0.717, 1.165) is 38.4 Å². The van der Waals surface area contributed by atoms with Gasteiger partial charge in [0.15, 0.2) is 5.96 Å². The number of nitrogens with zero attached hydrogens (tertiary/aromatic N) is 3. The van der Waals surface area contributed by atoms with Gasteiger partial charge in [-0.05, 0) is 48.9 Å². The van der Waals surface area contributed by atoms with E-state index >= 15 is 0 Å². The van der Waals surface area contributed by atoms with Crippen LogP contribution in [0.4, 0.5) is 10.1 Å². The van der Waals surface area contributed by atoms with Crippen LogP contribution in [0.1, 0.15) is 26.2 Å². The van der Waals surface area contributed by atoms with E-state index in [4.69, 9.17) is 5.73 Å². The molecule has 0 amide bonds. The van der Waals surface area contributed by atoms with Crippen LogP contribution in [-0.2, 0) is 0 Å². The third-order valence-electron chi connectivity index (χ3n) is 5.08. The summed E-state index contributed by atoms with van der Waals surface area (Å²) in [5, 5.41) is 0. The van der Waals surface area contributed by atoms with Crippen LogP contribution in [0, 0.1) is 11.2 Å². The van der Waals surface area contributed by atoms with Crippen molar-refractivity contribution in [3.05, 3.63) is 30.1 Å². The normalized spacial score (nSPS) is 20.2. The number of guanidine groups is 1. The summed E-state index contributed by atoms with van der Waals surface area (Å²) in [6.07, 6.45) is 3.78. The standard InChI is InChI=1S/C17H25FN4.HI/c1-2-17(7-8-17)13-20-16(19)22-11-9-21(10-12-22)15-5-3-14(18)4-6-15;/h3-6H,2,7-13H2,1H3,(H2,19,20);1H. The van der Waals surface area contributed by atoms with Crippen LogP contribution in [0.25, 0.3) is 0 Å². The first kappa shape index (κ1) is 18.3. The van der Waals surface area contributed by atoms with Crippen molar-refractivity contribution in [2.75, 3.05) is 37.6 Å². The van der Waals surface area contributed by atoms with Gasteiger partial charge in [-0.2, -0.15) is 0 Å². The van der Waals surface area contributed by atoms with E-state index in [1.54, 1.807) is 0 Å². The number of aliphatic imine (C=N–C) groups is 1. The summed E-state index contributed by atoms with van der Waals surface area (Å²) in [6.45, 7) is 6.62. The molecule has 4 nitrogen and oxygen atoms in total. The van der Waals surface area contributed by atoms with E-state index in [2.05, 4.69) is 21.7 Å². The highest BCUT2D eigenvalue weighted by Crippen LogP contribution is 2.48. The molecule has 1 saturated heterocycles. The molecule has 0 radical (unpaired) electrons. The van der Waals surface area contributed by atoms with Gasteiger partial charge in [-0.1, -0.05) is 6.92 Å². The highest BCUT2D eigenvalue weighted by atomic mass is 127. The van der Waals surface area contributed by atoms with Gasteiger partial charge in [0.05, 0.1) is 0 Å². The number of benzene rings is 1. The summed E-state index contributed by atoms with van der Waals surface area (Å²) in [5.74, 6) is 0.488. The average Bonchev–Trinajstić information content (AvgIpc) is 3.34. The summed E-state index contributed by atoms with van der Waals surface area (Å²) in [7, 11) is 0. The fourth-order valence-electron chi connectivity index (χ4n) is 2.99. The Hall–Kier alpha value is -1.05. The van der Waals surface area contributed by atoms with Gasteiger partial charge in [-0.15, -0.1) is 24.0 Å². The highest BCUT2D eigenvalue weighted by molar-refractivity contribution is 14.0. The third-order valence-corrected chi connectivity index (χ3v) is 5.08. The van der Waals surface area contributed by atoms with Crippen LogP contribution in [0.3, 0.4) is 0 Å². The quantitative estimate of drug-likeness (QED) is 0.452. The molecule has 6 heteroatoms. The Kier molecular flexibility index (Phi) is 6.11. The monoisotopic (exact) mass is 432 g/mol. The van der Waals surface area contributed by atoms with Gasteiger partial charge in [0.2, 0.25) is 0 Å². The van der Waals surface area contributed by atoms with Crippen molar-refractivity contribution >= 4 is 35.6 Å². The lowest BCUT2D eigenvalue weighted by atomic mass is 10.1. The van der Waals surface area contributed by atoms with E-state index in [1.807, 2.05) is 12.1 Å². The molecule has 2 fully saturated rings. The highest BCUT2D eigenvalue weighted by Gasteiger charge is 2.40. The Balaban J connectivity index is 0.00000192. The maximum atomic E-state index is 13.0. The number of halogens is 2. The lowest BCUT2D eigenvalue weighted by Gasteiger charge is -2.36. The summed E-state index contributed by atoms with van der Waals surface area (Å²) in [4.78, 5) is 9.03. The van der Waals surface area contributed by atoms with Crippen molar-refractivity contribution in [1.82, 2.24) is 4.90 Å². The maximum absolute atomic E-state index is 13.0. The molecule has 128 valence electrons. The Morgan fingerprint density at radius 3 is 2.30 bits per heavy atom. The predicted octanol–water partition coefficient (Wildman–Crippen LogP) is 3.07. The third kappa shape index (κ3) is 4.49. The van der Waals surface area contributed by atoms with Gasteiger partial charge in [0, 0.05) is 38.4 Å². The number of nitrogens with two attached hydrogens (primary N) is 1. The molecule has 1 aliphatic heterocycles. The zero-order valence-electron chi connectivity index (χ0n) is 13.7. The fourth-order valence-corrected chi connectivity index (χ4v) is 2.99. The number of piperazine rings is 1. The van der Waals surface area contributed by atoms with Crippen LogP contribution in [0.5, 0.6) is 0 Å². The zero-order chi connectivity index (χ0) is 15.6. The number of rotatable bonds is 4. The summed E-state index contributed by atoms with van der Waals surface area (Å²) in [6, 6.07) is 6.69. The lowest BCUT2D eigenvalue weighted by molar-refractivity contribution is 0.378. The Morgan fingerprint density at radius 2 is 1.78 bits per heavy atom. The van der Waals surface area contributed by atoms with Gasteiger partial charge < -0.3 is 15.5 Å². The van der Waals surface area contributed by atoms with Crippen LogP contribution in [-0.4, -0.2) is 43.6 Å². The summed E-state index contributed by atoms with van der Waals surface area (Å²) >= 11 is 0. The molecule has 2 N–H and O–H groups in total. The number of hydrogen-bond donors (Lipinski definition) is 1. The molecule has 1 saturated carbocycles. The van der Waals surface area contributed by atoms with E-state index in [1.165, 1.54) is 31.4 Å². The van der Waals surface area contributed by atoms with Crippen LogP contribution in [0.2, 0.25) is 0 Å². The average molecular weight is 432 g/mol. The van der Waals surface area contributed by atoms with E-state index in [9.17, 15) is 4.39 Å². The first-order valence-corrected chi connectivity index (χ1v) is 8.17. The van der Waals surface area contributed by atoms with E-state index < -0.39 is 0 Å². The predicted molar refractivity (Wildman–Crippen MR) is 104 cm³/mol. The smallest absolute Gasteiger partial charge is 0.191 e. The van der Waals surface area contributed by atoms with Crippen molar-refractivity contribution in [2.45, 2.75) is 26.2 Å². The van der Waals surface area contributed by atoms with Crippen molar-refractivity contribution < 1.29 is 4.39 Å². The number of anilines is 1. The van der Waals surface area contributed by atoms with Gasteiger partial charge in [0.1, 0.15) is 5.82 Å². The molecule has 23 heavy (non-hydrogen) atoms. The molecule has 1 aromatic carbocycles. The van der Waals surface area contributed by atoms with Crippen LogP contribution >= 0.6 is 24.0 Å². The van der Waals surface area contributed by atoms with Gasteiger partial charge in [-0.25, -0.2) is 4.39 Å². The second-order valence-corrected chi connectivity index (χ2v) is 6.48. The van der Waals surface area contributed by atoms with Crippen LogP contribution in [0.15, 0.2) is 29.3 Å². The largest absolute Gasteiger partial charge is 0.370 e. The maximum Gasteiger partial charge on any atom is 0.191 e.